The zero-order valence-corrected chi connectivity index (χ0v) is 14.5. The van der Waals surface area contributed by atoms with E-state index in [0.29, 0.717) is 12.1 Å². The fourth-order valence-corrected chi connectivity index (χ4v) is 1.91. The lowest BCUT2D eigenvalue weighted by Gasteiger charge is -2.11. The van der Waals surface area contributed by atoms with Gasteiger partial charge >= 0.3 is 0 Å². The zero-order valence-electron chi connectivity index (χ0n) is 13.7. The Labute approximate surface area is 146 Å². The molecule has 1 rings (SSSR count). The summed E-state index contributed by atoms with van der Waals surface area (Å²) in [5, 5.41) is 5.15. The Hall–Kier alpha value is -2.48. The predicted octanol–water partition coefficient (Wildman–Crippen LogP) is 1.47. The molecule has 7 nitrogen and oxygen atoms in total. The maximum absolute atomic E-state index is 11.7. The summed E-state index contributed by atoms with van der Waals surface area (Å²) in [5.41, 5.74) is 5.44. The first kappa shape index (κ1) is 19.6. The third kappa shape index (κ3) is 8.84. The summed E-state index contributed by atoms with van der Waals surface area (Å²) in [6.07, 6.45) is 0.374. The number of hydrazine groups is 1. The van der Waals surface area contributed by atoms with Crippen LogP contribution in [-0.2, 0) is 14.4 Å². The molecule has 0 radical (unpaired) electrons. The van der Waals surface area contributed by atoms with Crippen molar-refractivity contribution in [3.05, 3.63) is 30.3 Å². The van der Waals surface area contributed by atoms with Gasteiger partial charge in [-0.25, -0.2) is 0 Å². The molecule has 24 heavy (non-hydrogen) atoms. The Morgan fingerprint density at radius 1 is 0.958 bits per heavy atom. The van der Waals surface area contributed by atoms with E-state index in [1.54, 1.807) is 24.3 Å². The van der Waals surface area contributed by atoms with Crippen LogP contribution in [0.3, 0.4) is 0 Å². The van der Waals surface area contributed by atoms with Gasteiger partial charge in [-0.2, -0.15) is 0 Å². The summed E-state index contributed by atoms with van der Waals surface area (Å²) >= 11 is 4.89. The second-order valence-electron chi connectivity index (χ2n) is 5.56. The number of rotatable bonds is 6. The molecule has 0 aliphatic carbocycles. The molecule has 0 fully saturated rings. The highest BCUT2D eigenvalue weighted by atomic mass is 32.1. The summed E-state index contributed by atoms with van der Waals surface area (Å²) in [6.45, 7) is 3.83. The van der Waals surface area contributed by atoms with Crippen LogP contribution < -0.4 is 21.5 Å². The Morgan fingerprint density at radius 2 is 1.58 bits per heavy atom. The number of para-hydroxylation sites is 1. The summed E-state index contributed by atoms with van der Waals surface area (Å²) < 4.78 is 0. The Kier molecular flexibility index (Phi) is 8.42. The van der Waals surface area contributed by atoms with E-state index < -0.39 is 5.91 Å². The molecule has 0 aliphatic rings. The molecule has 0 bridgehead atoms. The highest BCUT2D eigenvalue weighted by Gasteiger charge is 2.09. The maximum atomic E-state index is 11.7. The average molecular weight is 350 g/mol. The molecule has 0 aromatic heterocycles. The van der Waals surface area contributed by atoms with E-state index in [1.807, 2.05) is 19.9 Å². The molecular weight excluding hydrogens is 328 g/mol. The van der Waals surface area contributed by atoms with Crippen LogP contribution in [0.25, 0.3) is 0 Å². The van der Waals surface area contributed by atoms with Gasteiger partial charge in [-0.05, 0) is 30.3 Å². The van der Waals surface area contributed by atoms with Crippen molar-refractivity contribution in [1.29, 1.82) is 0 Å². The van der Waals surface area contributed by atoms with Crippen LogP contribution in [0.2, 0.25) is 0 Å². The molecule has 8 heteroatoms. The average Bonchev–Trinajstić information content (AvgIpc) is 2.51. The number of carbonyl (C=O) groups excluding carboxylic acids is 3. The lowest BCUT2D eigenvalue weighted by molar-refractivity contribution is -0.124. The zero-order chi connectivity index (χ0) is 17.9. The van der Waals surface area contributed by atoms with Gasteiger partial charge in [0.05, 0.1) is 0 Å². The maximum Gasteiger partial charge on any atom is 0.238 e. The molecule has 0 saturated carbocycles. The molecule has 4 N–H and O–H groups in total. The molecule has 1 aromatic rings. The van der Waals surface area contributed by atoms with E-state index in [0.717, 1.165) is 0 Å². The first-order valence-electron chi connectivity index (χ1n) is 7.60. The molecule has 0 saturated heterocycles. The normalized spacial score (nSPS) is 9.96. The van der Waals surface area contributed by atoms with E-state index in [4.69, 9.17) is 12.2 Å². The number of thiocarbonyl (C=S) groups is 1. The Bertz CT molecular complexity index is 590. The van der Waals surface area contributed by atoms with Gasteiger partial charge in [0.25, 0.3) is 0 Å². The van der Waals surface area contributed by atoms with Crippen LogP contribution in [0.15, 0.2) is 30.3 Å². The smallest absolute Gasteiger partial charge is 0.238 e. The molecule has 0 heterocycles. The van der Waals surface area contributed by atoms with Gasteiger partial charge in [0.2, 0.25) is 17.7 Å². The van der Waals surface area contributed by atoms with Crippen molar-refractivity contribution in [2.75, 3.05) is 5.32 Å². The van der Waals surface area contributed by atoms with Crippen LogP contribution in [0.1, 0.15) is 33.1 Å². The number of nitrogens with one attached hydrogen (secondary N) is 4. The van der Waals surface area contributed by atoms with Gasteiger partial charge in [0.1, 0.15) is 0 Å². The fraction of sp³-hybridized carbons (Fsp3) is 0.375. The molecule has 1 aromatic carbocycles. The number of anilines is 1. The van der Waals surface area contributed by atoms with Gasteiger partial charge in [-0.15, -0.1) is 0 Å². The number of amides is 3. The highest BCUT2D eigenvalue weighted by Crippen LogP contribution is 2.05. The van der Waals surface area contributed by atoms with Gasteiger partial charge < -0.3 is 10.6 Å². The summed E-state index contributed by atoms with van der Waals surface area (Å²) in [5.74, 6) is -0.674. The lowest BCUT2D eigenvalue weighted by atomic mass is 10.1. The topological polar surface area (TPSA) is 99.3 Å². The van der Waals surface area contributed by atoms with Crippen molar-refractivity contribution in [2.24, 2.45) is 5.92 Å². The fourth-order valence-electron chi connectivity index (χ4n) is 1.74. The van der Waals surface area contributed by atoms with E-state index in [9.17, 15) is 14.4 Å². The molecule has 130 valence electrons. The van der Waals surface area contributed by atoms with Crippen molar-refractivity contribution in [3.63, 3.8) is 0 Å². The van der Waals surface area contributed by atoms with Crippen molar-refractivity contribution in [2.45, 2.75) is 33.1 Å². The first-order valence-corrected chi connectivity index (χ1v) is 8.01. The number of benzene rings is 1. The van der Waals surface area contributed by atoms with E-state index in [2.05, 4.69) is 21.5 Å². The van der Waals surface area contributed by atoms with Gasteiger partial charge in [0.15, 0.2) is 5.11 Å². The second-order valence-corrected chi connectivity index (χ2v) is 5.97. The minimum Gasteiger partial charge on any atom is -0.326 e. The van der Waals surface area contributed by atoms with Crippen molar-refractivity contribution in [1.82, 2.24) is 16.2 Å². The molecular formula is C16H22N4O3S. The quantitative estimate of drug-likeness (QED) is 0.460. The third-order valence-corrected chi connectivity index (χ3v) is 3.00. The predicted molar refractivity (Wildman–Crippen MR) is 95.8 cm³/mol. The van der Waals surface area contributed by atoms with E-state index in [1.165, 1.54) is 0 Å². The van der Waals surface area contributed by atoms with Crippen LogP contribution in [0, 0.1) is 5.92 Å². The number of hydrogen-bond donors (Lipinski definition) is 4. The third-order valence-electron chi connectivity index (χ3n) is 2.80. The minimum atomic E-state index is -0.404. The SMILES string of the molecule is CC(C)CC(=O)NC(=S)NNC(=O)CCC(=O)Nc1ccccc1. The van der Waals surface area contributed by atoms with Gasteiger partial charge in [-0.1, -0.05) is 32.0 Å². The molecule has 0 atom stereocenters. The van der Waals surface area contributed by atoms with Gasteiger partial charge in [0, 0.05) is 24.9 Å². The molecule has 0 aliphatic heterocycles. The van der Waals surface area contributed by atoms with Crippen molar-refractivity contribution >= 4 is 40.7 Å². The number of carbonyl (C=O) groups is 3. The molecule has 3 amide bonds. The first-order chi connectivity index (χ1) is 11.4. The number of hydrogen-bond acceptors (Lipinski definition) is 4. The lowest BCUT2D eigenvalue weighted by Crippen LogP contribution is -2.48. The standard InChI is InChI=1S/C16H22N4O3S/c1-11(2)10-15(23)18-16(24)20-19-14(22)9-8-13(21)17-12-6-4-3-5-7-12/h3-7,11H,8-10H2,1-2H3,(H,17,21)(H,19,22)(H2,18,20,23,24). The van der Waals surface area contributed by atoms with Crippen molar-refractivity contribution in [3.8, 4) is 0 Å². The Balaban J connectivity index is 2.20. The monoisotopic (exact) mass is 350 g/mol. The summed E-state index contributed by atoms with van der Waals surface area (Å²) in [7, 11) is 0. The Morgan fingerprint density at radius 3 is 2.21 bits per heavy atom. The van der Waals surface area contributed by atoms with Crippen LogP contribution in [0.4, 0.5) is 5.69 Å². The van der Waals surface area contributed by atoms with E-state index in [-0.39, 0.29) is 35.7 Å². The van der Waals surface area contributed by atoms with Crippen LogP contribution in [-0.4, -0.2) is 22.8 Å². The molecule has 0 unspecified atom stereocenters. The van der Waals surface area contributed by atoms with Crippen molar-refractivity contribution < 1.29 is 14.4 Å². The largest absolute Gasteiger partial charge is 0.326 e. The van der Waals surface area contributed by atoms with Crippen LogP contribution in [0.5, 0.6) is 0 Å². The van der Waals surface area contributed by atoms with E-state index >= 15 is 0 Å². The highest BCUT2D eigenvalue weighted by molar-refractivity contribution is 7.80. The van der Waals surface area contributed by atoms with Gasteiger partial charge in [-0.3, -0.25) is 25.2 Å². The van der Waals surface area contributed by atoms with Crippen LogP contribution >= 0.6 is 12.2 Å². The second kappa shape index (κ2) is 10.3. The molecule has 0 spiro atoms. The summed E-state index contributed by atoms with van der Waals surface area (Å²) in [6, 6.07) is 8.98. The minimum absolute atomic E-state index is 0.00573. The summed E-state index contributed by atoms with van der Waals surface area (Å²) in [4.78, 5) is 34.8.